The van der Waals surface area contributed by atoms with Gasteiger partial charge < -0.3 is 4.74 Å². The van der Waals surface area contributed by atoms with E-state index in [2.05, 4.69) is 6.92 Å². The van der Waals surface area contributed by atoms with Crippen LogP contribution >= 0.6 is 0 Å². The standard InChI is InChI=1S/C20H38O2/c1-2-3-4-5-10-13-18-22-20(21)15-12-9-7-6-8-11-14-19-16-17-19/h19H,2-18H2,1H3. The normalized spacial score (nSPS) is 14.2. The SMILES string of the molecule is CCCCCCCCOC(=O)CCCCCCCCC1CC1. The minimum absolute atomic E-state index is 0.0160. The second-order valence-electron chi connectivity index (χ2n) is 7.09. The van der Waals surface area contributed by atoms with Crippen molar-refractivity contribution in [2.75, 3.05) is 6.61 Å². The van der Waals surface area contributed by atoms with Gasteiger partial charge in [-0.2, -0.15) is 0 Å². The summed E-state index contributed by atoms with van der Waals surface area (Å²) in [6.07, 6.45) is 20.2. The summed E-state index contributed by atoms with van der Waals surface area (Å²) in [6, 6.07) is 0. The Kier molecular flexibility index (Phi) is 12.5. The maximum atomic E-state index is 11.6. The van der Waals surface area contributed by atoms with Crippen LogP contribution in [0, 0.1) is 5.92 Å². The summed E-state index contributed by atoms with van der Waals surface area (Å²) < 4.78 is 5.29. The van der Waals surface area contributed by atoms with Gasteiger partial charge in [0.1, 0.15) is 0 Å². The van der Waals surface area contributed by atoms with Crippen molar-refractivity contribution in [3.63, 3.8) is 0 Å². The third-order valence-electron chi connectivity index (χ3n) is 4.70. The lowest BCUT2D eigenvalue weighted by atomic mass is 10.1. The molecule has 1 saturated carbocycles. The highest BCUT2D eigenvalue weighted by molar-refractivity contribution is 5.69. The first-order valence-electron chi connectivity index (χ1n) is 9.98. The van der Waals surface area contributed by atoms with E-state index in [0.29, 0.717) is 13.0 Å². The van der Waals surface area contributed by atoms with Gasteiger partial charge in [0, 0.05) is 6.42 Å². The summed E-state index contributed by atoms with van der Waals surface area (Å²) in [4.78, 5) is 11.6. The van der Waals surface area contributed by atoms with Crippen molar-refractivity contribution >= 4 is 5.97 Å². The van der Waals surface area contributed by atoms with E-state index in [1.165, 1.54) is 83.5 Å². The summed E-state index contributed by atoms with van der Waals surface area (Å²) in [6.45, 7) is 2.86. The minimum Gasteiger partial charge on any atom is -0.466 e. The monoisotopic (exact) mass is 310 g/mol. The van der Waals surface area contributed by atoms with Gasteiger partial charge in [0.25, 0.3) is 0 Å². The van der Waals surface area contributed by atoms with Crippen LogP contribution in [-0.4, -0.2) is 12.6 Å². The zero-order valence-electron chi connectivity index (χ0n) is 14.9. The van der Waals surface area contributed by atoms with Crippen molar-refractivity contribution in [1.29, 1.82) is 0 Å². The maximum Gasteiger partial charge on any atom is 0.305 e. The highest BCUT2D eigenvalue weighted by atomic mass is 16.5. The highest BCUT2D eigenvalue weighted by Gasteiger charge is 2.19. The number of hydrogen-bond acceptors (Lipinski definition) is 2. The van der Waals surface area contributed by atoms with Crippen LogP contribution in [0.1, 0.15) is 110 Å². The van der Waals surface area contributed by atoms with Crippen LogP contribution < -0.4 is 0 Å². The van der Waals surface area contributed by atoms with Crippen molar-refractivity contribution < 1.29 is 9.53 Å². The van der Waals surface area contributed by atoms with E-state index >= 15 is 0 Å². The number of unbranched alkanes of at least 4 members (excludes halogenated alkanes) is 10. The lowest BCUT2D eigenvalue weighted by Gasteiger charge is -2.05. The lowest BCUT2D eigenvalue weighted by Crippen LogP contribution is -2.05. The quantitative estimate of drug-likeness (QED) is 0.243. The molecule has 0 aliphatic heterocycles. The number of carbonyl (C=O) groups excluding carboxylic acids is 1. The molecule has 0 heterocycles. The van der Waals surface area contributed by atoms with Gasteiger partial charge in [0.2, 0.25) is 0 Å². The number of hydrogen-bond donors (Lipinski definition) is 0. The van der Waals surface area contributed by atoms with E-state index in [9.17, 15) is 4.79 Å². The molecule has 130 valence electrons. The Labute approximate surface area is 138 Å². The summed E-state index contributed by atoms with van der Waals surface area (Å²) in [5.41, 5.74) is 0. The van der Waals surface area contributed by atoms with Crippen LogP contribution in [0.3, 0.4) is 0 Å². The molecule has 1 aliphatic rings. The molecule has 0 aromatic heterocycles. The van der Waals surface area contributed by atoms with Crippen molar-refractivity contribution in [2.24, 2.45) is 5.92 Å². The molecule has 0 saturated heterocycles. The molecule has 0 aromatic carbocycles. The number of esters is 1. The van der Waals surface area contributed by atoms with Gasteiger partial charge >= 0.3 is 5.97 Å². The van der Waals surface area contributed by atoms with Gasteiger partial charge in [-0.3, -0.25) is 4.79 Å². The largest absolute Gasteiger partial charge is 0.466 e. The van der Waals surface area contributed by atoms with Gasteiger partial charge in [-0.25, -0.2) is 0 Å². The maximum absolute atomic E-state index is 11.6. The van der Waals surface area contributed by atoms with Crippen molar-refractivity contribution in [3.05, 3.63) is 0 Å². The second-order valence-corrected chi connectivity index (χ2v) is 7.09. The first-order chi connectivity index (χ1) is 10.8. The Morgan fingerprint density at radius 2 is 1.41 bits per heavy atom. The van der Waals surface area contributed by atoms with E-state index < -0.39 is 0 Å². The molecule has 2 heteroatoms. The Morgan fingerprint density at radius 1 is 0.818 bits per heavy atom. The van der Waals surface area contributed by atoms with Gasteiger partial charge in [-0.05, 0) is 18.8 Å². The zero-order chi connectivity index (χ0) is 15.9. The van der Waals surface area contributed by atoms with Gasteiger partial charge in [-0.15, -0.1) is 0 Å². The first-order valence-corrected chi connectivity index (χ1v) is 9.98. The highest BCUT2D eigenvalue weighted by Crippen LogP contribution is 2.34. The molecule has 0 N–H and O–H groups in total. The minimum atomic E-state index is 0.0160. The third kappa shape index (κ3) is 13.2. The Bertz CT molecular complexity index is 258. The summed E-state index contributed by atoms with van der Waals surface area (Å²) in [5.74, 6) is 1.10. The molecule has 1 aliphatic carbocycles. The topological polar surface area (TPSA) is 26.3 Å². The van der Waals surface area contributed by atoms with E-state index in [4.69, 9.17) is 4.74 Å². The zero-order valence-corrected chi connectivity index (χ0v) is 14.9. The Morgan fingerprint density at radius 3 is 2.09 bits per heavy atom. The van der Waals surface area contributed by atoms with Crippen molar-refractivity contribution in [1.82, 2.24) is 0 Å². The van der Waals surface area contributed by atoms with Crippen LogP contribution in [-0.2, 0) is 9.53 Å². The fraction of sp³-hybridized carbons (Fsp3) is 0.950. The Hall–Kier alpha value is -0.530. The third-order valence-corrected chi connectivity index (χ3v) is 4.70. The van der Waals surface area contributed by atoms with E-state index in [0.717, 1.165) is 18.8 Å². The number of ether oxygens (including phenoxy) is 1. The molecule has 1 fully saturated rings. The molecule has 0 aromatic rings. The number of rotatable bonds is 16. The molecular weight excluding hydrogens is 272 g/mol. The summed E-state index contributed by atoms with van der Waals surface area (Å²) in [5, 5.41) is 0. The van der Waals surface area contributed by atoms with E-state index in [1.54, 1.807) is 0 Å². The molecule has 22 heavy (non-hydrogen) atoms. The summed E-state index contributed by atoms with van der Waals surface area (Å²) >= 11 is 0. The second kappa shape index (κ2) is 14.1. The fourth-order valence-corrected chi connectivity index (χ4v) is 2.96. The molecule has 0 atom stereocenters. The van der Waals surface area contributed by atoms with Crippen LogP contribution in [0.2, 0.25) is 0 Å². The predicted molar refractivity (Wildman–Crippen MR) is 94.0 cm³/mol. The number of carbonyl (C=O) groups is 1. The van der Waals surface area contributed by atoms with Gasteiger partial charge in [0.05, 0.1) is 6.61 Å². The molecule has 0 unspecified atom stereocenters. The molecule has 0 amide bonds. The average molecular weight is 311 g/mol. The molecule has 1 rings (SSSR count). The van der Waals surface area contributed by atoms with Gasteiger partial charge in [-0.1, -0.05) is 90.4 Å². The molecule has 0 radical (unpaired) electrons. The molecule has 2 nitrogen and oxygen atoms in total. The van der Waals surface area contributed by atoms with Crippen molar-refractivity contribution in [2.45, 2.75) is 110 Å². The van der Waals surface area contributed by atoms with E-state index in [-0.39, 0.29) is 5.97 Å². The fourth-order valence-electron chi connectivity index (χ4n) is 2.96. The lowest BCUT2D eigenvalue weighted by molar-refractivity contribution is -0.143. The predicted octanol–water partition coefficient (Wildman–Crippen LogP) is 6.42. The van der Waals surface area contributed by atoms with Crippen LogP contribution in [0.4, 0.5) is 0 Å². The van der Waals surface area contributed by atoms with E-state index in [1.807, 2.05) is 0 Å². The van der Waals surface area contributed by atoms with Crippen molar-refractivity contribution in [3.8, 4) is 0 Å². The molecule has 0 spiro atoms. The first kappa shape index (κ1) is 19.5. The Balaban J connectivity index is 1.71. The summed E-state index contributed by atoms with van der Waals surface area (Å²) in [7, 11) is 0. The average Bonchev–Trinajstić information content (AvgIpc) is 3.33. The molecular formula is C20H38O2. The molecule has 0 bridgehead atoms. The van der Waals surface area contributed by atoms with Crippen LogP contribution in [0.25, 0.3) is 0 Å². The smallest absolute Gasteiger partial charge is 0.305 e. The van der Waals surface area contributed by atoms with Gasteiger partial charge in [0.15, 0.2) is 0 Å². The van der Waals surface area contributed by atoms with Crippen LogP contribution in [0.5, 0.6) is 0 Å². The van der Waals surface area contributed by atoms with Crippen LogP contribution in [0.15, 0.2) is 0 Å².